The second-order valence-corrected chi connectivity index (χ2v) is 16.2. The van der Waals surface area contributed by atoms with Gasteiger partial charge in [0.15, 0.2) is 0 Å². The summed E-state index contributed by atoms with van der Waals surface area (Å²) in [5, 5.41) is 7.47. The minimum atomic E-state index is -0.0136. The van der Waals surface area contributed by atoms with Gasteiger partial charge in [0, 0.05) is 40.4 Å². The van der Waals surface area contributed by atoms with E-state index in [2.05, 4.69) is 178 Å². The first-order valence-electron chi connectivity index (χ1n) is 19.6. The fourth-order valence-electron chi connectivity index (χ4n) is 8.74. The van der Waals surface area contributed by atoms with Crippen LogP contribution in [0.4, 0.5) is 0 Å². The van der Waals surface area contributed by atoms with Crippen molar-refractivity contribution in [2.24, 2.45) is 0 Å². The van der Waals surface area contributed by atoms with Crippen molar-refractivity contribution in [1.82, 2.24) is 19.3 Å². The summed E-state index contributed by atoms with van der Waals surface area (Å²) in [4.78, 5) is 4.84. The van der Waals surface area contributed by atoms with Crippen LogP contribution >= 0.6 is 0 Å². The van der Waals surface area contributed by atoms with Gasteiger partial charge in [0.2, 0.25) is 0 Å². The number of hydrogen-bond donors (Lipinski definition) is 0. The van der Waals surface area contributed by atoms with E-state index in [1.54, 1.807) is 0 Å². The van der Waals surface area contributed by atoms with E-state index in [9.17, 15) is 0 Å². The second kappa shape index (κ2) is 15.4. The molecule has 8 aromatic rings. The van der Waals surface area contributed by atoms with Gasteiger partial charge in [0.25, 0.3) is 0 Å². The SMILES string of the molecule is Cc1cc(Oc2[c-]c3c(cc2)c2ccccc2n3-c2cc(C(C)(C)C)ccn2)[c-]c(-n2nc(C)c(C3C(c4ccccc4)=CCC[C@@H]3c3ccccc3)c2C)c1.[Pt+2]. The molecule has 0 radical (unpaired) electrons. The molecule has 9 rings (SSSR count). The standard InChI is InChI=1S/C51H46N4O.Pt/c1-33-28-39(55-35(3)49(34(2)53-55)50-42(36-16-9-7-10-17-36)21-15-22-43(50)37-18-11-8-12-19-37)31-41(29-33)56-40-24-25-45-44-20-13-14-23-46(44)54(47(45)32-40)48-30-38(26-27-52-48)51(4,5)6;/h7-14,16-21,23-30,43,50H,15,22H2,1-6H3;/q-2;+2/t43-,50?;/m1./s1. The van der Waals surface area contributed by atoms with E-state index in [1.165, 1.54) is 27.8 Å². The Morgan fingerprint density at radius 3 is 2.26 bits per heavy atom. The predicted molar refractivity (Wildman–Crippen MR) is 228 cm³/mol. The molecule has 2 atom stereocenters. The van der Waals surface area contributed by atoms with Crippen molar-refractivity contribution in [3.63, 3.8) is 0 Å². The van der Waals surface area contributed by atoms with Crippen molar-refractivity contribution in [2.45, 2.75) is 71.6 Å². The maximum Gasteiger partial charge on any atom is 2.00 e. The van der Waals surface area contributed by atoms with Crippen LogP contribution in [0.5, 0.6) is 11.5 Å². The Morgan fingerprint density at radius 1 is 0.754 bits per heavy atom. The minimum absolute atomic E-state index is 0. The van der Waals surface area contributed by atoms with Gasteiger partial charge in [-0.25, -0.2) is 4.98 Å². The zero-order valence-electron chi connectivity index (χ0n) is 33.3. The van der Waals surface area contributed by atoms with Gasteiger partial charge >= 0.3 is 21.1 Å². The molecule has 1 aliphatic carbocycles. The van der Waals surface area contributed by atoms with Crippen molar-refractivity contribution in [3.05, 3.63) is 185 Å². The zero-order valence-corrected chi connectivity index (χ0v) is 35.6. The summed E-state index contributed by atoms with van der Waals surface area (Å²) in [5.41, 5.74) is 12.6. The summed E-state index contributed by atoms with van der Waals surface area (Å²) < 4.78 is 10.9. The summed E-state index contributed by atoms with van der Waals surface area (Å²) >= 11 is 0. The van der Waals surface area contributed by atoms with Crippen LogP contribution in [-0.4, -0.2) is 19.3 Å². The third-order valence-electron chi connectivity index (χ3n) is 11.4. The molecule has 0 spiro atoms. The fraction of sp³-hybridized carbons (Fsp3) is 0.216. The largest absolute Gasteiger partial charge is 2.00 e. The molecule has 0 saturated carbocycles. The molecule has 1 unspecified atom stereocenters. The minimum Gasteiger partial charge on any atom is -0.509 e. The average Bonchev–Trinajstić information content (AvgIpc) is 3.70. The van der Waals surface area contributed by atoms with Gasteiger partial charge < -0.3 is 9.30 Å². The van der Waals surface area contributed by atoms with Crippen LogP contribution in [0.2, 0.25) is 0 Å². The van der Waals surface area contributed by atoms with E-state index in [1.807, 2.05) is 18.3 Å². The van der Waals surface area contributed by atoms with Gasteiger partial charge in [-0.3, -0.25) is 4.68 Å². The van der Waals surface area contributed by atoms with E-state index in [0.717, 1.165) is 63.1 Å². The van der Waals surface area contributed by atoms with Crippen molar-refractivity contribution < 1.29 is 25.8 Å². The maximum atomic E-state index is 6.64. The van der Waals surface area contributed by atoms with Crippen LogP contribution in [0.15, 0.2) is 134 Å². The van der Waals surface area contributed by atoms with E-state index < -0.39 is 0 Å². The van der Waals surface area contributed by atoms with E-state index in [-0.39, 0.29) is 32.4 Å². The van der Waals surface area contributed by atoms with Gasteiger partial charge in [-0.2, -0.15) is 16.7 Å². The third kappa shape index (κ3) is 7.19. The third-order valence-corrected chi connectivity index (χ3v) is 11.4. The predicted octanol–water partition coefficient (Wildman–Crippen LogP) is 12.7. The number of fused-ring (bicyclic) bond motifs is 3. The van der Waals surface area contributed by atoms with Crippen LogP contribution in [0.25, 0.3) is 38.9 Å². The Hall–Kier alpha value is -5.51. The first-order chi connectivity index (χ1) is 27.1. The summed E-state index contributed by atoms with van der Waals surface area (Å²) in [6, 6.07) is 50.1. The van der Waals surface area contributed by atoms with Gasteiger partial charge in [-0.15, -0.1) is 35.7 Å². The number of rotatable bonds is 7. The number of ether oxygens (including phenoxy) is 1. The molecule has 6 heteroatoms. The quantitative estimate of drug-likeness (QED) is 0.150. The van der Waals surface area contributed by atoms with E-state index in [0.29, 0.717) is 17.4 Å². The monoisotopic (exact) mass is 925 g/mol. The molecule has 5 aromatic carbocycles. The number of pyridine rings is 1. The smallest absolute Gasteiger partial charge is 0.509 e. The molecule has 5 nitrogen and oxygen atoms in total. The summed E-state index contributed by atoms with van der Waals surface area (Å²) in [7, 11) is 0. The maximum absolute atomic E-state index is 6.64. The number of allylic oxidation sites excluding steroid dienone is 2. The molecule has 0 N–H and O–H groups in total. The first kappa shape index (κ1) is 38.4. The molecular weight excluding hydrogens is 880 g/mol. The van der Waals surface area contributed by atoms with Crippen LogP contribution in [0, 0.1) is 32.9 Å². The fourth-order valence-corrected chi connectivity index (χ4v) is 8.74. The van der Waals surface area contributed by atoms with Gasteiger partial charge in [0.1, 0.15) is 5.82 Å². The van der Waals surface area contributed by atoms with Crippen LogP contribution < -0.4 is 4.74 Å². The van der Waals surface area contributed by atoms with E-state index in [4.69, 9.17) is 14.8 Å². The molecular formula is C51H46N4OPt. The molecule has 1 aliphatic rings. The summed E-state index contributed by atoms with van der Waals surface area (Å²) in [5.74, 6) is 2.58. The topological polar surface area (TPSA) is 44.9 Å². The first-order valence-corrected chi connectivity index (χ1v) is 19.6. The second-order valence-electron chi connectivity index (χ2n) is 16.2. The van der Waals surface area contributed by atoms with Crippen molar-refractivity contribution in [2.75, 3.05) is 0 Å². The Labute approximate surface area is 350 Å². The molecule has 0 saturated heterocycles. The van der Waals surface area contributed by atoms with Gasteiger partial charge in [-0.05, 0) is 89.6 Å². The zero-order chi connectivity index (χ0) is 38.6. The molecule has 286 valence electrons. The molecule has 3 aromatic heterocycles. The van der Waals surface area contributed by atoms with Crippen molar-refractivity contribution in [3.8, 4) is 23.0 Å². The molecule has 0 fully saturated rings. The summed E-state index contributed by atoms with van der Waals surface area (Å²) in [6.45, 7) is 13.1. The average molecular weight is 926 g/mol. The number of aryl methyl sites for hydroxylation is 2. The van der Waals surface area contributed by atoms with Crippen LogP contribution in [-0.2, 0) is 26.5 Å². The van der Waals surface area contributed by atoms with E-state index >= 15 is 0 Å². The molecule has 3 heterocycles. The Morgan fingerprint density at radius 2 is 1.49 bits per heavy atom. The van der Waals surface area contributed by atoms with Crippen molar-refractivity contribution >= 4 is 27.4 Å². The number of benzene rings is 5. The molecule has 0 amide bonds. The molecule has 0 bridgehead atoms. The number of hydrogen-bond acceptors (Lipinski definition) is 3. The Balaban J connectivity index is 0.00000455. The number of aromatic nitrogens is 4. The normalized spacial score (nSPS) is 15.7. The van der Waals surface area contributed by atoms with Crippen LogP contribution in [0.3, 0.4) is 0 Å². The van der Waals surface area contributed by atoms with Crippen molar-refractivity contribution in [1.29, 1.82) is 0 Å². The molecule has 57 heavy (non-hydrogen) atoms. The Bertz CT molecular complexity index is 2750. The molecule has 0 aliphatic heterocycles. The number of nitrogens with zero attached hydrogens (tertiary/aromatic N) is 4. The Kier molecular flexibility index (Phi) is 10.4. The van der Waals surface area contributed by atoms with Crippen LogP contribution in [0.1, 0.15) is 84.7 Å². The number of para-hydroxylation sites is 1. The summed E-state index contributed by atoms with van der Waals surface area (Å²) in [6.07, 6.45) is 6.48. The van der Waals surface area contributed by atoms with Gasteiger partial charge in [0.05, 0.1) is 5.69 Å². The van der Waals surface area contributed by atoms with Gasteiger partial charge in [-0.1, -0.05) is 118 Å².